The van der Waals surface area contributed by atoms with E-state index in [1.165, 1.54) is 12.4 Å². The Hall–Kier alpha value is -2.28. The molecular weight excluding hydrogens is 350 g/mol. The normalized spacial score (nSPS) is 31.8. The van der Waals surface area contributed by atoms with Gasteiger partial charge >= 0.3 is 0 Å². The second-order valence-electron chi connectivity index (χ2n) is 7.68. The monoisotopic (exact) mass is 372 g/mol. The Bertz CT molecular complexity index is 856. The summed E-state index contributed by atoms with van der Waals surface area (Å²) in [7, 11) is 1.58. The number of hydrogen-bond acceptors (Lipinski definition) is 5. The van der Waals surface area contributed by atoms with E-state index in [1.54, 1.807) is 19.2 Å². The number of nitrogens with zero attached hydrogens (tertiary/aromatic N) is 4. The summed E-state index contributed by atoms with van der Waals surface area (Å²) in [5, 5.41) is 0. The lowest BCUT2D eigenvalue weighted by molar-refractivity contribution is 0.0349. The van der Waals surface area contributed by atoms with Gasteiger partial charge in [-0.1, -0.05) is 12.1 Å². The van der Waals surface area contributed by atoms with Gasteiger partial charge in [-0.2, -0.15) is 0 Å². The fourth-order valence-electron chi connectivity index (χ4n) is 5.36. The summed E-state index contributed by atoms with van der Waals surface area (Å²) in [4.78, 5) is 13.3. The first kappa shape index (κ1) is 16.9. The Labute approximate surface area is 157 Å². The summed E-state index contributed by atoms with van der Waals surface area (Å²) in [6.07, 6.45) is 3.77. The van der Waals surface area contributed by atoms with Gasteiger partial charge in [-0.25, -0.2) is 18.7 Å². The van der Waals surface area contributed by atoms with Gasteiger partial charge in [0.05, 0.1) is 7.11 Å². The van der Waals surface area contributed by atoms with Crippen molar-refractivity contribution in [2.45, 2.75) is 30.8 Å². The molecule has 0 aliphatic carbocycles. The maximum atomic E-state index is 14.6. The van der Waals surface area contributed by atoms with Gasteiger partial charge in [0, 0.05) is 30.6 Å². The van der Waals surface area contributed by atoms with E-state index < -0.39 is 11.6 Å². The number of halogens is 2. The van der Waals surface area contributed by atoms with E-state index >= 15 is 0 Å². The molecule has 4 aliphatic heterocycles. The standard InChI is InChI=1S/C20H22F2N4O/c1-27-17-9-16(23-11-24-17)26-10-14(13-3-2-4-15(21)18(13)22)20-19(26)12-5-7-25(20)8-6-12/h2-4,9,11-12,14,19-20H,5-8,10H2,1H3/t14-,19+,20+/m0/s1. The predicted molar refractivity (Wildman–Crippen MR) is 96.9 cm³/mol. The first-order chi connectivity index (χ1) is 13.2. The van der Waals surface area contributed by atoms with Gasteiger partial charge in [-0.15, -0.1) is 0 Å². The zero-order valence-corrected chi connectivity index (χ0v) is 15.2. The molecule has 27 heavy (non-hydrogen) atoms. The number of ether oxygens (including phenoxy) is 1. The van der Waals surface area contributed by atoms with Crippen LogP contribution in [0, 0.1) is 17.6 Å². The van der Waals surface area contributed by atoms with Crippen LogP contribution >= 0.6 is 0 Å². The predicted octanol–water partition coefficient (Wildman–Crippen LogP) is 2.83. The molecule has 2 bridgehead atoms. The van der Waals surface area contributed by atoms with Crippen molar-refractivity contribution in [3.8, 4) is 5.88 Å². The van der Waals surface area contributed by atoms with Crippen LogP contribution in [0.15, 0.2) is 30.6 Å². The van der Waals surface area contributed by atoms with E-state index in [4.69, 9.17) is 4.74 Å². The van der Waals surface area contributed by atoms with Crippen molar-refractivity contribution in [2.24, 2.45) is 5.92 Å². The zero-order chi connectivity index (χ0) is 18.5. The van der Waals surface area contributed by atoms with Crippen LogP contribution in [-0.2, 0) is 0 Å². The van der Waals surface area contributed by atoms with Gasteiger partial charge in [-0.3, -0.25) is 4.90 Å². The maximum absolute atomic E-state index is 14.6. The highest BCUT2D eigenvalue weighted by Crippen LogP contribution is 2.48. The molecule has 4 fully saturated rings. The van der Waals surface area contributed by atoms with Crippen molar-refractivity contribution >= 4 is 5.82 Å². The molecule has 1 aromatic carbocycles. The highest BCUT2D eigenvalue weighted by Gasteiger charge is 2.54. The van der Waals surface area contributed by atoms with E-state index in [-0.39, 0.29) is 18.0 Å². The first-order valence-corrected chi connectivity index (χ1v) is 9.48. The minimum atomic E-state index is -0.776. The summed E-state index contributed by atoms with van der Waals surface area (Å²) in [5.74, 6) is 0.272. The molecule has 4 saturated heterocycles. The van der Waals surface area contributed by atoms with Crippen molar-refractivity contribution in [3.63, 3.8) is 0 Å². The smallest absolute Gasteiger partial charge is 0.218 e. The Morgan fingerprint density at radius 2 is 1.93 bits per heavy atom. The Balaban J connectivity index is 1.58. The number of piperidine rings is 3. The second kappa shape index (κ2) is 6.41. The molecule has 7 heteroatoms. The van der Waals surface area contributed by atoms with Crippen LogP contribution in [0.2, 0.25) is 0 Å². The van der Waals surface area contributed by atoms with Gasteiger partial charge in [0.25, 0.3) is 0 Å². The maximum Gasteiger partial charge on any atom is 0.218 e. The second-order valence-corrected chi connectivity index (χ2v) is 7.68. The average molecular weight is 372 g/mol. The van der Waals surface area contributed by atoms with E-state index in [1.807, 2.05) is 6.07 Å². The van der Waals surface area contributed by atoms with Crippen molar-refractivity contribution in [1.29, 1.82) is 0 Å². The number of aromatic nitrogens is 2. The third-order valence-corrected chi connectivity index (χ3v) is 6.51. The summed E-state index contributed by atoms with van der Waals surface area (Å²) in [6, 6.07) is 6.78. The minimum absolute atomic E-state index is 0.0882. The van der Waals surface area contributed by atoms with Crippen molar-refractivity contribution in [3.05, 3.63) is 47.8 Å². The zero-order valence-electron chi connectivity index (χ0n) is 15.2. The number of methoxy groups -OCH3 is 1. The largest absolute Gasteiger partial charge is 0.481 e. The fourth-order valence-corrected chi connectivity index (χ4v) is 5.36. The lowest BCUT2D eigenvalue weighted by Gasteiger charge is -2.51. The molecule has 4 aliphatic rings. The lowest BCUT2D eigenvalue weighted by Crippen LogP contribution is -2.60. The fraction of sp³-hybridized carbons (Fsp3) is 0.500. The van der Waals surface area contributed by atoms with Gasteiger partial charge < -0.3 is 9.64 Å². The highest BCUT2D eigenvalue weighted by atomic mass is 19.2. The molecule has 0 unspecified atom stereocenters. The van der Waals surface area contributed by atoms with Gasteiger partial charge in [0.1, 0.15) is 12.1 Å². The Morgan fingerprint density at radius 1 is 1.11 bits per heavy atom. The Kier molecular flexibility index (Phi) is 4.00. The molecule has 142 valence electrons. The van der Waals surface area contributed by atoms with Crippen LogP contribution in [-0.4, -0.2) is 53.7 Å². The third kappa shape index (κ3) is 2.59. The van der Waals surface area contributed by atoms with Gasteiger partial charge in [0.15, 0.2) is 11.6 Å². The van der Waals surface area contributed by atoms with Crippen LogP contribution in [0.3, 0.4) is 0 Å². The van der Waals surface area contributed by atoms with E-state index in [0.29, 0.717) is 23.9 Å². The van der Waals surface area contributed by atoms with Crippen molar-refractivity contribution in [1.82, 2.24) is 14.9 Å². The topological polar surface area (TPSA) is 41.5 Å². The van der Waals surface area contributed by atoms with Crippen LogP contribution in [0.5, 0.6) is 5.88 Å². The number of fused-ring (bicyclic) bond motifs is 2. The quantitative estimate of drug-likeness (QED) is 0.829. The molecule has 5 heterocycles. The minimum Gasteiger partial charge on any atom is -0.481 e. The molecule has 0 saturated carbocycles. The highest BCUT2D eigenvalue weighted by molar-refractivity contribution is 5.48. The van der Waals surface area contributed by atoms with Gasteiger partial charge in [-0.05, 0) is 43.5 Å². The van der Waals surface area contributed by atoms with E-state index in [0.717, 1.165) is 31.7 Å². The number of hydrogen-bond donors (Lipinski definition) is 0. The first-order valence-electron chi connectivity index (χ1n) is 9.48. The lowest BCUT2D eigenvalue weighted by atomic mass is 9.75. The van der Waals surface area contributed by atoms with Crippen LogP contribution in [0.4, 0.5) is 14.6 Å². The molecule has 5 nitrogen and oxygen atoms in total. The molecule has 0 amide bonds. The average Bonchev–Trinajstić information content (AvgIpc) is 3.14. The van der Waals surface area contributed by atoms with Crippen molar-refractivity contribution in [2.75, 3.05) is 31.6 Å². The SMILES string of the molecule is COc1cc(N2C[C@@H](c3cccc(F)c3F)[C@@H]3[C@H]2C2CCN3CC2)ncn1. The summed E-state index contributed by atoms with van der Waals surface area (Å²) in [5.41, 5.74) is 0.473. The van der Waals surface area contributed by atoms with Crippen molar-refractivity contribution < 1.29 is 13.5 Å². The molecule has 2 aromatic rings. The third-order valence-electron chi connectivity index (χ3n) is 6.51. The van der Waals surface area contributed by atoms with Crippen LogP contribution in [0.1, 0.15) is 24.3 Å². The van der Waals surface area contributed by atoms with E-state index in [2.05, 4.69) is 19.8 Å². The summed E-state index contributed by atoms with van der Waals surface area (Å²) < 4.78 is 33.8. The molecule has 6 rings (SSSR count). The molecule has 0 radical (unpaired) electrons. The number of rotatable bonds is 3. The number of anilines is 1. The molecular formula is C20H22F2N4O. The van der Waals surface area contributed by atoms with Crippen LogP contribution in [0.25, 0.3) is 0 Å². The summed E-state index contributed by atoms with van der Waals surface area (Å²) in [6.45, 7) is 2.67. The van der Waals surface area contributed by atoms with Gasteiger partial charge in [0.2, 0.25) is 5.88 Å². The summed E-state index contributed by atoms with van der Waals surface area (Å²) >= 11 is 0. The Morgan fingerprint density at radius 3 is 2.70 bits per heavy atom. The molecule has 0 N–H and O–H groups in total. The van der Waals surface area contributed by atoms with E-state index in [9.17, 15) is 8.78 Å². The molecule has 3 atom stereocenters. The molecule has 0 spiro atoms. The number of benzene rings is 1. The molecule has 1 aromatic heterocycles. The van der Waals surface area contributed by atoms with Crippen LogP contribution < -0.4 is 9.64 Å².